The number of anilines is 1. The molecule has 4 heteroatoms. The van der Waals surface area contributed by atoms with Crippen molar-refractivity contribution in [3.8, 4) is 0 Å². The van der Waals surface area contributed by atoms with Gasteiger partial charge < -0.3 is 14.4 Å². The molecule has 22 heavy (non-hydrogen) atoms. The predicted octanol–water partition coefficient (Wildman–Crippen LogP) is 3.38. The molecule has 1 fully saturated rings. The first-order chi connectivity index (χ1) is 10.7. The van der Waals surface area contributed by atoms with Crippen LogP contribution < -0.4 is 4.90 Å². The van der Waals surface area contributed by atoms with E-state index in [-0.39, 0.29) is 5.91 Å². The zero-order valence-corrected chi connectivity index (χ0v) is 13.6. The summed E-state index contributed by atoms with van der Waals surface area (Å²) in [5.74, 6) is -1.25. The Morgan fingerprint density at radius 3 is 2.64 bits per heavy atom. The number of aryl methyl sites for hydroxylation is 1. The van der Waals surface area contributed by atoms with Crippen molar-refractivity contribution < 1.29 is 14.3 Å². The van der Waals surface area contributed by atoms with E-state index in [0.717, 1.165) is 43.4 Å². The number of hydrogen-bond acceptors (Lipinski definition) is 3. The Kier molecular flexibility index (Phi) is 4.50. The topological polar surface area (TPSA) is 38.8 Å². The molecular weight excluding hydrogens is 278 g/mol. The van der Waals surface area contributed by atoms with Crippen molar-refractivity contribution in [3.63, 3.8) is 0 Å². The van der Waals surface area contributed by atoms with Gasteiger partial charge in [0.1, 0.15) is 0 Å². The number of rotatable bonds is 5. The van der Waals surface area contributed by atoms with E-state index in [0.29, 0.717) is 19.8 Å². The van der Waals surface area contributed by atoms with Crippen LogP contribution in [0.1, 0.15) is 50.7 Å². The van der Waals surface area contributed by atoms with Crippen LogP contribution in [0.2, 0.25) is 0 Å². The Morgan fingerprint density at radius 1 is 1.18 bits per heavy atom. The van der Waals surface area contributed by atoms with Gasteiger partial charge in [-0.1, -0.05) is 26.3 Å². The lowest BCUT2D eigenvalue weighted by Gasteiger charge is -2.32. The van der Waals surface area contributed by atoms with Gasteiger partial charge in [-0.15, -0.1) is 0 Å². The van der Waals surface area contributed by atoms with Gasteiger partial charge in [0, 0.05) is 12.1 Å². The molecule has 1 aromatic carbocycles. The number of fused-ring (bicyclic) bond motifs is 2. The minimum atomic E-state index is -1.19. The largest absolute Gasteiger partial charge is 0.338 e. The summed E-state index contributed by atoms with van der Waals surface area (Å²) < 4.78 is 11.8. The molecule has 120 valence electrons. The fraction of sp³-hybridized carbons (Fsp3) is 0.611. The number of unbranched alkanes of at least 4 members (excludes halogenated alkanes) is 1. The Labute approximate surface area is 132 Å². The quantitative estimate of drug-likeness (QED) is 0.837. The van der Waals surface area contributed by atoms with Crippen molar-refractivity contribution >= 4 is 11.6 Å². The van der Waals surface area contributed by atoms with Crippen molar-refractivity contribution in [1.82, 2.24) is 0 Å². The molecule has 0 aliphatic carbocycles. The maximum Gasteiger partial charge on any atom is 0.292 e. The molecule has 0 bridgehead atoms. The second-order valence-electron chi connectivity index (χ2n) is 6.08. The lowest BCUT2D eigenvalue weighted by atomic mass is 10.00. The first-order valence-electron chi connectivity index (χ1n) is 8.46. The van der Waals surface area contributed by atoms with E-state index in [1.165, 1.54) is 5.56 Å². The molecule has 4 nitrogen and oxygen atoms in total. The molecule has 1 spiro atoms. The molecule has 2 heterocycles. The zero-order chi connectivity index (χ0) is 15.6. The fourth-order valence-electron chi connectivity index (χ4n) is 3.28. The van der Waals surface area contributed by atoms with Gasteiger partial charge in [0.05, 0.1) is 18.9 Å². The molecule has 0 atom stereocenters. The van der Waals surface area contributed by atoms with E-state index in [4.69, 9.17) is 9.47 Å². The van der Waals surface area contributed by atoms with Crippen LogP contribution in [0.3, 0.4) is 0 Å². The average molecular weight is 303 g/mol. The van der Waals surface area contributed by atoms with Gasteiger partial charge in [-0.2, -0.15) is 0 Å². The molecule has 2 aliphatic heterocycles. The van der Waals surface area contributed by atoms with Gasteiger partial charge in [-0.3, -0.25) is 4.79 Å². The van der Waals surface area contributed by atoms with Gasteiger partial charge >= 0.3 is 0 Å². The second kappa shape index (κ2) is 6.39. The number of carbonyl (C=O) groups excluding carboxylic acids is 1. The van der Waals surface area contributed by atoms with Crippen LogP contribution >= 0.6 is 0 Å². The lowest BCUT2D eigenvalue weighted by Crippen LogP contribution is -2.47. The maximum absolute atomic E-state index is 12.9. The summed E-state index contributed by atoms with van der Waals surface area (Å²) in [6.07, 6.45) is 5.10. The van der Waals surface area contributed by atoms with Crippen molar-refractivity contribution in [2.75, 3.05) is 24.7 Å². The third kappa shape index (κ3) is 2.44. The van der Waals surface area contributed by atoms with E-state index < -0.39 is 5.79 Å². The maximum atomic E-state index is 12.9. The Hall–Kier alpha value is -1.39. The summed E-state index contributed by atoms with van der Waals surface area (Å²) in [5, 5.41) is 0. The average Bonchev–Trinajstić information content (AvgIpc) is 2.77. The number of ether oxygens (including phenoxy) is 2. The summed E-state index contributed by atoms with van der Waals surface area (Å²) >= 11 is 0. The molecule has 0 radical (unpaired) electrons. The van der Waals surface area contributed by atoms with Crippen LogP contribution in [0.4, 0.5) is 5.69 Å². The van der Waals surface area contributed by atoms with E-state index in [2.05, 4.69) is 32.0 Å². The molecule has 0 saturated carbocycles. The van der Waals surface area contributed by atoms with Crippen LogP contribution in [0.25, 0.3) is 0 Å². The Balaban J connectivity index is 2.01. The fourth-order valence-corrected chi connectivity index (χ4v) is 3.28. The highest BCUT2D eigenvalue weighted by Gasteiger charge is 2.54. The number of benzene rings is 1. The third-order valence-electron chi connectivity index (χ3n) is 4.40. The van der Waals surface area contributed by atoms with Crippen LogP contribution in [0.15, 0.2) is 18.2 Å². The Bertz CT molecular complexity index is 549. The van der Waals surface area contributed by atoms with E-state index in [9.17, 15) is 4.79 Å². The highest BCUT2D eigenvalue weighted by Crippen LogP contribution is 2.45. The third-order valence-corrected chi connectivity index (χ3v) is 4.40. The highest BCUT2D eigenvalue weighted by molar-refractivity contribution is 6.06. The summed E-state index contributed by atoms with van der Waals surface area (Å²) in [7, 11) is 0. The molecule has 0 aromatic heterocycles. The molecule has 3 rings (SSSR count). The summed E-state index contributed by atoms with van der Waals surface area (Å²) in [5.41, 5.74) is 3.11. The molecule has 0 unspecified atom stereocenters. The van der Waals surface area contributed by atoms with E-state index >= 15 is 0 Å². The van der Waals surface area contributed by atoms with Gasteiger partial charge in [0.2, 0.25) is 0 Å². The SMILES string of the molecule is CCCCc1ccc2c(c1)C1(OCCCO1)C(=O)N2CCC. The zero-order valence-electron chi connectivity index (χ0n) is 13.6. The molecule has 1 aromatic rings. The summed E-state index contributed by atoms with van der Waals surface area (Å²) in [6, 6.07) is 6.31. The molecule has 0 N–H and O–H groups in total. The minimum Gasteiger partial charge on any atom is -0.338 e. The lowest BCUT2D eigenvalue weighted by molar-refractivity contribution is -0.256. The first-order valence-corrected chi connectivity index (χ1v) is 8.46. The van der Waals surface area contributed by atoms with Gasteiger partial charge in [0.25, 0.3) is 11.7 Å². The summed E-state index contributed by atoms with van der Waals surface area (Å²) in [4.78, 5) is 14.8. The van der Waals surface area contributed by atoms with Crippen molar-refractivity contribution in [1.29, 1.82) is 0 Å². The number of nitrogens with zero attached hydrogens (tertiary/aromatic N) is 1. The molecule has 1 amide bonds. The van der Waals surface area contributed by atoms with Crippen molar-refractivity contribution in [2.24, 2.45) is 0 Å². The smallest absolute Gasteiger partial charge is 0.292 e. The highest BCUT2D eigenvalue weighted by atomic mass is 16.7. The van der Waals surface area contributed by atoms with Gasteiger partial charge in [0.15, 0.2) is 0 Å². The number of hydrogen-bond donors (Lipinski definition) is 0. The molecule has 2 aliphatic rings. The normalized spacial score (nSPS) is 19.7. The van der Waals surface area contributed by atoms with Crippen LogP contribution in [0, 0.1) is 0 Å². The second-order valence-corrected chi connectivity index (χ2v) is 6.08. The van der Waals surface area contributed by atoms with Crippen LogP contribution in [-0.4, -0.2) is 25.7 Å². The van der Waals surface area contributed by atoms with E-state index in [1.54, 1.807) is 0 Å². The Morgan fingerprint density at radius 2 is 1.95 bits per heavy atom. The van der Waals surface area contributed by atoms with Crippen molar-refractivity contribution in [3.05, 3.63) is 29.3 Å². The monoisotopic (exact) mass is 303 g/mol. The molecule has 1 saturated heterocycles. The number of carbonyl (C=O) groups is 1. The molecular formula is C18H25NO3. The standard InChI is InChI=1S/C18H25NO3/c1-3-5-7-14-8-9-16-15(13-14)18(21-11-6-12-22-18)17(20)19(16)10-4-2/h8-9,13H,3-7,10-12H2,1-2H3. The minimum absolute atomic E-state index is 0.0586. The summed E-state index contributed by atoms with van der Waals surface area (Å²) in [6.45, 7) is 6.12. The van der Waals surface area contributed by atoms with E-state index in [1.807, 2.05) is 4.90 Å². The van der Waals surface area contributed by atoms with Crippen molar-refractivity contribution in [2.45, 2.75) is 51.7 Å². The van der Waals surface area contributed by atoms with Gasteiger partial charge in [-0.05, 0) is 43.4 Å². The number of amides is 1. The predicted molar refractivity (Wildman–Crippen MR) is 85.9 cm³/mol. The van der Waals surface area contributed by atoms with Gasteiger partial charge in [-0.25, -0.2) is 0 Å². The van der Waals surface area contributed by atoms with Crippen LogP contribution in [0.5, 0.6) is 0 Å². The first kappa shape index (κ1) is 15.5. The van der Waals surface area contributed by atoms with Crippen LogP contribution in [-0.2, 0) is 26.5 Å².